The van der Waals surface area contributed by atoms with Crippen molar-refractivity contribution in [1.29, 1.82) is 0 Å². The van der Waals surface area contributed by atoms with Crippen LogP contribution in [0.3, 0.4) is 0 Å². The first kappa shape index (κ1) is 23.6. The maximum Gasteiger partial charge on any atom is 0.283 e. The van der Waals surface area contributed by atoms with Gasteiger partial charge in [0.1, 0.15) is 22.2 Å². The molecule has 1 fully saturated rings. The molecule has 2 heterocycles. The predicted octanol–water partition coefficient (Wildman–Crippen LogP) is 4.16. The van der Waals surface area contributed by atoms with E-state index in [0.717, 1.165) is 43.7 Å². The number of nitrogens with zero attached hydrogens (tertiary/aromatic N) is 2. The highest BCUT2D eigenvalue weighted by atomic mass is 35.5. The normalized spacial score (nSPS) is 16.6. The van der Waals surface area contributed by atoms with E-state index in [-0.39, 0.29) is 28.1 Å². The minimum absolute atomic E-state index is 0.0518. The van der Waals surface area contributed by atoms with E-state index in [4.69, 9.17) is 21.1 Å². The lowest BCUT2D eigenvalue weighted by Crippen LogP contribution is -2.32. The molecule has 0 aliphatic carbocycles. The highest BCUT2D eigenvalue weighted by Crippen LogP contribution is 2.37. The molecule has 0 aromatic heterocycles. The minimum atomic E-state index is -0.672. The van der Waals surface area contributed by atoms with Crippen molar-refractivity contribution in [3.8, 4) is 11.5 Å². The number of hydrogen-bond acceptors (Lipinski definition) is 6. The molecular formula is C25H26ClN3O5. The van der Waals surface area contributed by atoms with Crippen molar-refractivity contribution in [2.75, 3.05) is 37.5 Å². The summed E-state index contributed by atoms with van der Waals surface area (Å²) in [6.45, 7) is 1.47. The van der Waals surface area contributed by atoms with Crippen molar-refractivity contribution >= 4 is 40.7 Å². The Morgan fingerprint density at radius 1 is 0.941 bits per heavy atom. The molecule has 2 aliphatic heterocycles. The summed E-state index contributed by atoms with van der Waals surface area (Å²) in [7, 11) is 2.94. The van der Waals surface area contributed by atoms with Gasteiger partial charge in [-0.3, -0.25) is 14.4 Å². The van der Waals surface area contributed by atoms with Gasteiger partial charge in [0.15, 0.2) is 0 Å². The van der Waals surface area contributed by atoms with Gasteiger partial charge >= 0.3 is 0 Å². The highest BCUT2D eigenvalue weighted by Gasteiger charge is 2.40. The Labute approximate surface area is 203 Å². The highest BCUT2D eigenvalue weighted by molar-refractivity contribution is 6.53. The average molecular weight is 484 g/mol. The molecule has 0 spiro atoms. The van der Waals surface area contributed by atoms with Gasteiger partial charge in [-0.15, -0.1) is 0 Å². The molecule has 3 amide bonds. The van der Waals surface area contributed by atoms with Crippen molar-refractivity contribution < 1.29 is 23.9 Å². The van der Waals surface area contributed by atoms with Crippen molar-refractivity contribution in [2.24, 2.45) is 0 Å². The summed E-state index contributed by atoms with van der Waals surface area (Å²) in [5.41, 5.74) is 1.18. The van der Waals surface area contributed by atoms with Gasteiger partial charge < -0.3 is 19.7 Å². The van der Waals surface area contributed by atoms with Crippen molar-refractivity contribution in [1.82, 2.24) is 4.90 Å². The number of halogens is 1. The molecule has 9 heteroatoms. The third-order valence-corrected chi connectivity index (χ3v) is 6.28. The number of methoxy groups -OCH3 is 2. The Kier molecular flexibility index (Phi) is 7.07. The van der Waals surface area contributed by atoms with Gasteiger partial charge in [-0.1, -0.05) is 30.5 Å². The molecule has 8 nitrogen and oxygen atoms in total. The van der Waals surface area contributed by atoms with E-state index < -0.39 is 11.8 Å². The molecule has 2 aliphatic rings. The summed E-state index contributed by atoms with van der Waals surface area (Å²) < 4.78 is 10.5. The maximum absolute atomic E-state index is 13.2. The zero-order valence-electron chi connectivity index (χ0n) is 19.1. The van der Waals surface area contributed by atoms with E-state index in [9.17, 15) is 14.4 Å². The van der Waals surface area contributed by atoms with Gasteiger partial charge in [0.25, 0.3) is 17.7 Å². The van der Waals surface area contributed by atoms with Gasteiger partial charge in [-0.25, -0.2) is 4.90 Å². The Balaban J connectivity index is 1.57. The molecule has 2 aromatic rings. The number of rotatable bonds is 6. The smallest absolute Gasteiger partial charge is 0.283 e. The van der Waals surface area contributed by atoms with Gasteiger partial charge in [0.05, 0.1) is 19.9 Å². The Hall–Kier alpha value is -3.52. The standard InChI is InChI=1S/C25H26ClN3O5/c1-33-18-10-11-19(20(15-18)34-2)29-24(31)21(26)22(25(29)32)27-17-9-7-8-16(14-17)23(30)28-12-5-3-4-6-13-28/h7-11,14-15,27H,3-6,12-13H2,1-2H3. The lowest BCUT2D eigenvalue weighted by Gasteiger charge is -2.21. The number of likely N-dealkylation sites (tertiary alicyclic amines) is 1. The molecule has 34 heavy (non-hydrogen) atoms. The fourth-order valence-corrected chi connectivity index (χ4v) is 4.34. The second-order valence-electron chi connectivity index (χ2n) is 8.08. The van der Waals surface area contributed by atoms with Gasteiger partial charge in [-0.2, -0.15) is 0 Å². The Morgan fingerprint density at radius 3 is 2.35 bits per heavy atom. The Bertz CT molecular complexity index is 1150. The number of benzene rings is 2. The van der Waals surface area contributed by atoms with Crippen LogP contribution in [0.2, 0.25) is 0 Å². The van der Waals surface area contributed by atoms with Crippen LogP contribution in [-0.4, -0.2) is 49.9 Å². The molecule has 0 atom stereocenters. The van der Waals surface area contributed by atoms with E-state index in [2.05, 4.69) is 5.32 Å². The average Bonchev–Trinajstić information content (AvgIpc) is 3.06. The van der Waals surface area contributed by atoms with Crippen LogP contribution in [0.1, 0.15) is 36.0 Å². The first-order valence-electron chi connectivity index (χ1n) is 11.1. The first-order chi connectivity index (χ1) is 16.4. The lowest BCUT2D eigenvalue weighted by molar-refractivity contribution is -0.120. The zero-order valence-corrected chi connectivity index (χ0v) is 19.9. The molecule has 0 unspecified atom stereocenters. The van der Waals surface area contributed by atoms with E-state index in [1.807, 2.05) is 4.90 Å². The van der Waals surface area contributed by atoms with Crippen LogP contribution in [0.25, 0.3) is 0 Å². The summed E-state index contributed by atoms with van der Waals surface area (Å²) >= 11 is 6.28. The van der Waals surface area contributed by atoms with Crippen LogP contribution in [0.5, 0.6) is 11.5 Å². The third kappa shape index (κ3) is 4.59. The van der Waals surface area contributed by atoms with Crippen molar-refractivity contribution in [3.63, 3.8) is 0 Å². The number of carbonyl (C=O) groups is 3. The molecule has 0 bridgehead atoms. The molecule has 178 valence electrons. The van der Waals surface area contributed by atoms with Gasteiger partial charge in [-0.05, 0) is 43.2 Å². The number of anilines is 2. The summed E-state index contributed by atoms with van der Waals surface area (Å²) in [5.74, 6) is -0.541. The van der Waals surface area contributed by atoms with Crippen LogP contribution in [-0.2, 0) is 9.59 Å². The van der Waals surface area contributed by atoms with Crippen molar-refractivity contribution in [2.45, 2.75) is 25.7 Å². The van der Waals surface area contributed by atoms with Crippen LogP contribution >= 0.6 is 11.6 Å². The van der Waals surface area contributed by atoms with Crippen LogP contribution in [0, 0.1) is 0 Å². The minimum Gasteiger partial charge on any atom is -0.497 e. The molecule has 0 radical (unpaired) electrons. The second kappa shape index (κ2) is 10.2. The number of amides is 3. The molecule has 1 N–H and O–H groups in total. The summed E-state index contributed by atoms with van der Waals surface area (Å²) in [6.07, 6.45) is 4.24. The largest absolute Gasteiger partial charge is 0.497 e. The first-order valence-corrected chi connectivity index (χ1v) is 11.5. The topological polar surface area (TPSA) is 88.2 Å². The van der Waals surface area contributed by atoms with E-state index in [0.29, 0.717) is 17.0 Å². The van der Waals surface area contributed by atoms with E-state index in [1.165, 1.54) is 14.2 Å². The van der Waals surface area contributed by atoms with Gasteiger partial charge in [0.2, 0.25) is 0 Å². The van der Waals surface area contributed by atoms with E-state index in [1.54, 1.807) is 42.5 Å². The molecule has 0 saturated carbocycles. The molecule has 4 rings (SSSR count). The van der Waals surface area contributed by atoms with Crippen LogP contribution in [0.15, 0.2) is 53.2 Å². The van der Waals surface area contributed by atoms with Crippen molar-refractivity contribution in [3.05, 3.63) is 58.8 Å². The summed E-state index contributed by atoms with van der Waals surface area (Å²) in [4.78, 5) is 41.9. The predicted molar refractivity (Wildman–Crippen MR) is 129 cm³/mol. The number of carbonyl (C=O) groups excluding carboxylic acids is 3. The maximum atomic E-state index is 13.2. The number of ether oxygens (including phenoxy) is 2. The van der Waals surface area contributed by atoms with Gasteiger partial charge in [0, 0.05) is 30.4 Å². The monoisotopic (exact) mass is 483 g/mol. The molecule has 1 saturated heterocycles. The fraction of sp³-hybridized carbons (Fsp3) is 0.320. The fourth-order valence-electron chi connectivity index (χ4n) is 4.13. The number of hydrogen-bond donors (Lipinski definition) is 1. The quantitative estimate of drug-likeness (QED) is 0.621. The third-order valence-electron chi connectivity index (χ3n) is 5.93. The lowest BCUT2D eigenvalue weighted by atomic mass is 10.1. The second-order valence-corrected chi connectivity index (χ2v) is 8.46. The van der Waals surface area contributed by atoms with Crippen LogP contribution in [0.4, 0.5) is 11.4 Å². The molecule has 2 aromatic carbocycles. The van der Waals surface area contributed by atoms with E-state index >= 15 is 0 Å². The summed E-state index contributed by atoms with van der Waals surface area (Å²) in [5, 5.41) is 2.70. The SMILES string of the molecule is COc1ccc(N2C(=O)C(Cl)=C(Nc3cccc(C(=O)N4CCCCCC4)c3)C2=O)c(OC)c1. The number of nitrogens with one attached hydrogen (secondary N) is 1. The zero-order chi connectivity index (χ0) is 24.2. The Morgan fingerprint density at radius 2 is 1.68 bits per heavy atom. The number of imide groups is 1. The molecular weight excluding hydrogens is 458 g/mol. The van der Waals surface area contributed by atoms with Crippen LogP contribution < -0.4 is 19.7 Å². The summed E-state index contributed by atoms with van der Waals surface area (Å²) in [6, 6.07) is 11.6.